The predicted molar refractivity (Wildman–Crippen MR) is 43.8 cm³/mol. The molecule has 1 N–H and O–H groups in total. The zero-order chi connectivity index (χ0) is 9.14. The Balaban J connectivity index is 3.00. The van der Waals surface area contributed by atoms with Gasteiger partial charge in [0.2, 0.25) is 6.54 Å². The molecule has 64 valence electrons. The van der Waals surface area contributed by atoms with Crippen LogP contribution in [0.2, 0.25) is 5.02 Å². The highest BCUT2D eigenvalue weighted by molar-refractivity contribution is 6.32. The van der Waals surface area contributed by atoms with Gasteiger partial charge < -0.3 is 5.11 Å². The molecule has 0 fully saturated rings. The number of hydrogen-bond acceptors (Lipinski definition) is 3. The van der Waals surface area contributed by atoms with Gasteiger partial charge in [0, 0.05) is 4.92 Å². The second-order valence-electron chi connectivity index (χ2n) is 2.24. The summed E-state index contributed by atoms with van der Waals surface area (Å²) < 4.78 is 0. The van der Waals surface area contributed by atoms with E-state index in [0.717, 1.165) is 0 Å². The lowest BCUT2D eigenvalue weighted by Gasteiger charge is -2.00. The molecule has 5 heteroatoms. The fraction of sp³-hybridized carbons (Fsp3) is 0.143. The van der Waals surface area contributed by atoms with Crippen LogP contribution >= 0.6 is 11.6 Å². The third kappa shape index (κ3) is 1.85. The maximum Gasteiger partial charge on any atom is 0.232 e. The molecule has 0 aliphatic heterocycles. The monoisotopic (exact) mass is 187 g/mol. The maximum absolute atomic E-state index is 10.1. The van der Waals surface area contributed by atoms with E-state index in [4.69, 9.17) is 11.6 Å². The fourth-order valence-corrected chi connectivity index (χ4v) is 1.02. The number of nitrogens with zero attached hydrogens (tertiary/aromatic N) is 1. The molecule has 0 saturated heterocycles. The van der Waals surface area contributed by atoms with E-state index in [1.807, 2.05) is 0 Å². The third-order valence-corrected chi connectivity index (χ3v) is 1.67. The van der Waals surface area contributed by atoms with Crippen molar-refractivity contribution in [2.75, 3.05) is 0 Å². The molecule has 0 amide bonds. The van der Waals surface area contributed by atoms with Gasteiger partial charge in [-0.25, -0.2) is 0 Å². The molecular formula is C7H6ClNO3. The standard InChI is InChI=1S/C7H6ClNO3/c8-6-3-1-2-5(7(6)10)4-9(11)12/h1-3,10H,4H2. The average Bonchev–Trinajstić information content (AvgIpc) is 1.98. The highest BCUT2D eigenvalue weighted by Crippen LogP contribution is 2.26. The topological polar surface area (TPSA) is 63.4 Å². The van der Waals surface area contributed by atoms with Gasteiger partial charge in [0.25, 0.3) is 0 Å². The lowest BCUT2D eigenvalue weighted by molar-refractivity contribution is -0.496. The summed E-state index contributed by atoms with van der Waals surface area (Å²) in [5.41, 5.74) is 0.229. The van der Waals surface area contributed by atoms with E-state index < -0.39 is 11.5 Å². The summed E-state index contributed by atoms with van der Waals surface area (Å²) in [6.07, 6.45) is 0. The lowest BCUT2D eigenvalue weighted by Crippen LogP contribution is -1.98. The van der Waals surface area contributed by atoms with Gasteiger partial charge in [-0.2, -0.15) is 0 Å². The molecule has 4 nitrogen and oxygen atoms in total. The van der Waals surface area contributed by atoms with Gasteiger partial charge in [-0.15, -0.1) is 0 Å². The highest BCUT2D eigenvalue weighted by atomic mass is 35.5. The minimum absolute atomic E-state index is 0.134. The minimum atomic E-state index is -0.522. The van der Waals surface area contributed by atoms with Crippen LogP contribution in [-0.4, -0.2) is 10.0 Å². The number of nitro groups is 1. The van der Waals surface area contributed by atoms with Crippen molar-refractivity contribution in [3.8, 4) is 5.75 Å². The van der Waals surface area contributed by atoms with Crippen molar-refractivity contribution in [1.29, 1.82) is 0 Å². The summed E-state index contributed by atoms with van der Waals surface area (Å²) in [5, 5.41) is 19.4. The van der Waals surface area contributed by atoms with E-state index in [9.17, 15) is 15.2 Å². The molecule has 1 aromatic rings. The van der Waals surface area contributed by atoms with E-state index in [2.05, 4.69) is 0 Å². The summed E-state index contributed by atoms with van der Waals surface area (Å²) in [7, 11) is 0. The molecular weight excluding hydrogens is 182 g/mol. The molecule has 0 aliphatic rings. The first-order valence-corrected chi connectivity index (χ1v) is 3.57. The van der Waals surface area contributed by atoms with E-state index in [1.54, 1.807) is 6.07 Å². The minimum Gasteiger partial charge on any atom is -0.506 e. The maximum atomic E-state index is 10.1. The van der Waals surface area contributed by atoms with Gasteiger partial charge in [-0.05, 0) is 12.1 Å². The summed E-state index contributed by atoms with van der Waals surface area (Å²) in [6, 6.07) is 4.49. The van der Waals surface area contributed by atoms with Crippen LogP contribution in [0.5, 0.6) is 5.75 Å². The molecule has 0 spiro atoms. The molecule has 0 atom stereocenters. The van der Waals surface area contributed by atoms with Crippen LogP contribution in [0.4, 0.5) is 0 Å². The molecule has 0 aliphatic carbocycles. The Morgan fingerprint density at radius 1 is 1.58 bits per heavy atom. The van der Waals surface area contributed by atoms with Gasteiger partial charge >= 0.3 is 0 Å². The molecule has 0 aromatic heterocycles. The fourth-order valence-electron chi connectivity index (χ4n) is 0.827. The van der Waals surface area contributed by atoms with Crippen LogP contribution in [0, 0.1) is 10.1 Å². The van der Waals surface area contributed by atoms with E-state index in [0.29, 0.717) is 0 Å². The Bertz CT molecular complexity index is 314. The molecule has 0 heterocycles. The van der Waals surface area contributed by atoms with Crippen molar-refractivity contribution in [2.45, 2.75) is 6.54 Å². The second kappa shape index (κ2) is 3.40. The number of para-hydroxylation sites is 1. The average molecular weight is 188 g/mol. The number of phenols is 1. The molecule has 0 saturated carbocycles. The van der Waals surface area contributed by atoms with E-state index in [1.165, 1.54) is 12.1 Å². The number of rotatable bonds is 2. The Morgan fingerprint density at radius 3 is 2.83 bits per heavy atom. The molecule has 1 aromatic carbocycles. The molecule has 0 unspecified atom stereocenters. The Labute approximate surface area is 73.5 Å². The van der Waals surface area contributed by atoms with Gasteiger partial charge in [0.15, 0.2) is 0 Å². The third-order valence-electron chi connectivity index (χ3n) is 1.37. The summed E-state index contributed by atoms with van der Waals surface area (Å²) in [6.45, 7) is -0.410. The van der Waals surface area contributed by atoms with Crippen molar-refractivity contribution >= 4 is 11.6 Å². The SMILES string of the molecule is O=[N+]([O-])Cc1cccc(Cl)c1O. The zero-order valence-corrected chi connectivity index (χ0v) is 6.78. The van der Waals surface area contributed by atoms with Crippen LogP contribution in [-0.2, 0) is 6.54 Å². The number of aromatic hydroxyl groups is 1. The summed E-state index contributed by atoms with van der Waals surface area (Å²) in [4.78, 5) is 9.56. The first kappa shape index (κ1) is 8.80. The Morgan fingerprint density at radius 2 is 2.25 bits per heavy atom. The van der Waals surface area contributed by atoms with E-state index in [-0.39, 0.29) is 16.3 Å². The second-order valence-corrected chi connectivity index (χ2v) is 2.65. The predicted octanol–water partition coefficient (Wildman–Crippen LogP) is 1.82. The number of hydrogen-bond donors (Lipinski definition) is 1. The van der Waals surface area contributed by atoms with Crippen LogP contribution in [0.3, 0.4) is 0 Å². The number of benzene rings is 1. The Kier molecular flexibility index (Phi) is 2.50. The van der Waals surface area contributed by atoms with Gasteiger partial charge in [0.05, 0.1) is 10.6 Å². The smallest absolute Gasteiger partial charge is 0.232 e. The largest absolute Gasteiger partial charge is 0.506 e. The van der Waals surface area contributed by atoms with Crippen LogP contribution in [0.1, 0.15) is 5.56 Å². The highest BCUT2D eigenvalue weighted by Gasteiger charge is 2.09. The molecule has 12 heavy (non-hydrogen) atoms. The van der Waals surface area contributed by atoms with Crippen molar-refractivity contribution < 1.29 is 10.0 Å². The van der Waals surface area contributed by atoms with Crippen LogP contribution in [0.15, 0.2) is 18.2 Å². The summed E-state index contributed by atoms with van der Waals surface area (Å²) in [5.74, 6) is -0.212. The first-order valence-electron chi connectivity index (χ1n) is 3.19. The normalized spacial score (nSPS) is 9.75. The molecule has 0 radical (unpaired) electrons. The first-order chi connectivity index (χ1) is 5.61. The molecule has 1 rings (SSSR count). The van der Waals surface area contributed by atoms with Crippen molar-refractivity contribution in [3.05, 3.63) is 38.9 Å². The quantitative estimate of drug-likeness (QED) is 0.568. The molecule has 0 bridgehead atoms. The zero-order valence-electron chi connectivity index (χ0n) is 6.03. The van der Waals surface area contributed by atoms with E-state index >= 15 is 0 Å². The number of halogens is 1. The van der Waals surface area contributed by atoms with Crippen LogP contribution in [0.25, 0.3) is 0 Å². The number of phenolic OH excluding ortho intramolecular Hbond substituents is 1. The lowest BCUT2D eigenvalue weighted by atomic mass is 10.2. The van der Waals surface area contributed by atoms with Crippen molar-refractivity contribution in [2.24, 2.45) is 0 Å². The van der Waals surface area contributed by atoms with Gasteiger partial charge in [-0.1, -0.05) is 17.7 Å². The summed E-state index contributed by atoms with van der Waals surface area (Å²) >= 11 is 5.52. The van der Waals surface area contributed by atoms with Crippen LogP contribution < -0.4 is 0 Å². The van der Waals surface area contributed by atoms with Gasteiger partial charge in [0.1, 0.15) is 5.75 Å². The van der Waals surface area contributed by atoms with Crippen molar-refractivity contribution in [1.82, 2.24) is 0 Å². The Hall–Kier alpha value is -1.29. The van der Waals surface area contributed by atoms with Gasteiger partial charge in [-0.3, -0.25) is 10.1 Å². The van der Waals surface area contributed by atoms with Crippen molar-refractivity contribution in [3.63, 3.8) is 0 Å².